The van der Waals surface area contributed by atoms with E-state index in [1.165, 1.54) is 0 Å². The average Bonchev–Trinajstić information content (AvgIpc) is 2.92. The van der Waals surface area contributed by atoms with E-state index in [9.17, 15) is 0 Å². The van der Waals surface area contributed by atoms with Crippen molar-refractivity contribution >= 4 is 16.9 Å². The zero-order valence-electron chi connectivity index (χ0n) is 9.70. The smallest absolute Gasteiger partial charge is 0.196 e. The Balaban J connectivity index is 1.86. The summed E-state index contributed by atoms with van der Waals surface area (Å²) in [5.74, 6) is 1.27. The Hall–Kier alpha value is -2.57. The van der Waals surface area contributed by atoms with Crippen LogP contribution < -0.4 is 5.32 Å². The molecule has 0 aliphatic rings. The van der Waals surface area contributed by atoms with Crippen LogP contribution in [0.5, 0.6) is 0 Å². The summed E-state index contributed by atoms with van der Waals surface area (Å²) >= 11 is 0. The predicted octanol–water partition coefficient (Wildman–Crippen LogP) is 1.32. The van der Waals surface area contributed by atoms with Crippen molar-refractivity contribution in [2.45, 2.75) is 13.0 Å². The van der Waals surface area contributed by atoms with E-state index in [0.29, 0.717) is 11.6 Å². The molecule has 90 valence electrons. The summed E-state index contributed by atoms with van der Waals surface area (Å²) in [6.45, 7) is 1.93. The Kier molecular flexibility index (Phi) is 2.56. The van der Waals surface area contributed by atoms with Crippen molar-refractivity contribution in [3.05, 3.63) is 36.3 Å². The van der Waals surface area contributed by atoms with Gasteiger partial charge in [0.05, 0.1) is 23.3 Å². The van der Waals surface area contributed by atoms with Gasteiger partial charge in [-0.25, -0.2) is 4.98 Å². The van der Waals surface area contributed by atoms with E-state index in [1.807, 2.05) is 31.2 Å². The summed E-state index contributed by atoms with van der Waals surface area (Å²) in [6.07, 6.45) is 1.69. The van der Waals surface area contributed by atoms with Gasteiger partial charge < -0.3 is 5.32 Å². The fourth-order valence-electron chi connectivity index (χ4n) is 1.67. The number of fused-ring (bicyclic) bond motifs is 1. The normalized spacial score (nSPS) is 12.5. The minimum atomic E-state index is -0.0841. The van der Waals surface area contributed by atoms with Crippen LogP contribution in [0.15, 0.2) is 30.5 Å². The first-order valence-electron chi connectivity index (χ1n) is 5.54. The molecule has 0 fully saturated rings. The second kappa shape index (κ2) is 4.36. The number of tetrazole rings is 1. The topological polar surface area (TPSA) is 92.3 Å². The molecule has 7 heteroatoms. The number of hydrogen-bond donors (Lipinski definition) is 2. The Morgan fingerprint density at radius 2 is 2.06 bits per heavy atom. The van der Waals surface area contributed by atoms with Gasteiger partial charge in [0.1, 0.15) is 5.82 Å². The van der Waals surface area contributed by atoms with E-state index in [4.69, 9.17) is 0 Å². The molecule has 3 aromatic rings. The van der Waals surface area contributed by atoms with Crippen LogP contribution in [0.1, 0.15) is 18.8 Å². The average molecular weight is 241 g/mol. The minimum absolute atomic E-state index is 0.0841. The monoisotopic (exact) mass is 241 g/mol. The molecule has 1 unspecified atom stereocenters. The van der Waals surface area contributed by atoms with Crippen molar-refractivity contribution in [3.8, 4) is 0 Å². The van der Waals surface area contributed by atoms with Crippen LogP contribution in [-0.2, 0) is 0 Å². The fourth-order valence-corrected chi connectivity index (χ4v) is 1.67. The van der Waals surface area contributed by atoms with E-state index >= 15 is 0 Å². The van der Waals surface area contributed by atoms with Gasteiger partial charge in [-0.2, -0.15) is 5.21 Å². The zero-order chi connectivity index (χ0) is 12.4. The SMILES string of the molecule is CC(Nc1cnc2ccccc2n1)c1nn[nH]n1. The molecule has 0 amide bonds. The molecular weight excluding hydrogens is 230 g/mol. The molecule has 7 nitrogen and oxygen atoms in total. The maximum Gasteiger partial charge on any atom is 0.196 e. The number of aromatic amines is 1. The van der Waals surface area contributed by atoms with Crippen molar-refractivity contribution in [2.24, 2.45) is 0 Å². The van der Waals surface area contributed by atoms with E-state index in [2.05, 4.69) is 35.9 Å². The highest BCUT2D eigenvalue weighted by Crippen LogP contribution is 2.15. The van der Waals surface area contributed by atoms with Crippen LogP contribution in [0.4, 0.5) is 5.82 Å². The first-order chi connectivity index (χ1) is 8.83. The molecule has 1 atom stereocenters. The van der Waals surface area contributed by atoms with Crippen molar-refractivity contribution in [2.75, 3.05) is 5.32 Å². The van der Waals surface area contributed by atoms with Crippen LogP contribution in [0.25, 0.3) is 11.0 Å². The number of para-hydroxylation sites is 2. The molecule has 3 rings (SSSR count). The van der Waals surface area contributed by atoms with Crippen molar-refractivity contribution in [1.29, 1.82) is 0 Å². The van der Waals surface area contributed by atoms with Crippen LogP contribution >= 0.6 is 0 Å². The maximum absolute atomic E-state index is 4.47. The summed E-state index contributed by atoms with van der Waals surface area (Å²) in [5, 5.41) is 17.0. The molecule has 0 aliphatic carbocycles. The van der Waals surface area contributed by atoms with Gasteiger partial charge >= 0.3 is 0 Å². The standard InChI is InChI=1S/C11H11N7/c1-7(11-15-17-18-16-11)13-10-6-12-8-4-2-3-5-9(8)14-10/h2-7H,1H3,(H,13,14)(H,15,16,17,18). The van der Waals surface area contributed by atoms with Gasteiger partial charge in [0.25, 0.3) is 0 Å². The first-order valence-corrected chi connectivity index (χ1v) is 5.54. The summed E-state index contributed by atoms with van der Waals surface area (Å²) in [4.78, 5) is 8.79. The van der Waals surface area contributed by atoms with Crippen molar-refractivity contribution in [3.63, 3.8) is 0 Å². The van der Waals surface area contributed by atoms with Crippen LogP contribution in [0.3, 0.4) is 0 Å². The lowest BCUT2D eigenvalue weighted by Gasteiger charge is -2.10. The highest BCUT2D eigenvalue weighted by molar-refractivity contribution is 5.75. The Morgan fingerprint density at radius 3 is 2.83 bits per heavy atom. The van der Waals surface area contributed by atoms with Crippen molar-refractivity contribution in [1.82, 2.24) is 30.6 Å². The highest BCUT2D eigenvalue weighted by atomic mass is 15.5. The van der Waals surface area contributed by atoms with Crippen molar-refractivity contribution < 1.29 is 0 Å². The molecule has 2 heterocycles. The molecule has 0 aliphatic heterocycles. The third-order valence-corrected chi connectivity index (χ3v) is 2.56. The van der Waals surface area contributed by atoms with E-state index in [-0.39, 0.29) is 6.04 Å². The van der Waals surface area contributed by atoms with E-state index < -0.39 is 0 Å². The number of rotatable bonds is 3. The van der Waals surface area contributed by atoms with Gasteiger partial charge in [0.15, 0.2) is 5.82 Å². The fraction of sp³-hybridized carbons (Fsp3) is 0.182. The van der Waals surface area contributed by atoms with Gasteiger partial charge in [0.2, 0.25) is 0 Å². The number of anilines is 1. The third-order valence-electron chi connectivity index (χ3n) is 2.56. The Bertz CT molecular complexity index is 649. The van der Waals surface area contributed by atoms with Gasteiger partial charge in [-0.3, -0.25) is 4.98 Å². The lowest BCUT2D eigenvalue weighted by Crippen LogP contribution is -2.10. The van der Waals surface area contributed by atoms with E-state index in [1.54, 1.807) is 6.20 Å². The number of nitrogens with zero attached hydrogens (tertiary/aromatic N) is 5. The van der Waals surface area contributed by atoms with E-state index in [0.717, 1.165) is 11.0 Å². The quantitative estimate of drug-likeness (QED) is 0.718. The summed E-state index contributed by atoms with van der Waals surface area (Å²) < 4.78 is 0. The summed E-state index contributed by atoms with van der Waals surface area (Å²) in [6, 6.07) is 7.63. The summed E-state index contributed by atoms with van der Waals surface area (Å²) in [7, 11) is 0. The largest absolute Gasteiger partial charge is 0.359 e. The number of H-pyrrole nitrogens is 1. The molecule has 1 aromatic carbocycles. The second-order valence-electron chi connectivity index (χ2n) is 3.88. The number of benzene rings is 1. The molecular formula is C11H11N7. The van der Waals surface area contributed by atoms with Gasteiger partial charge in [-0.15, -0.1) is 10.2 Å². The van der Waals surface area contributed by atoms with Crippen LogP contribution in [-0.4, -0.2) is 30.6 Å². The highest BCUT2D eigenvalue weighted by Gasteiger charge is 2.10. The van der Waals surface area contributed by atoms with Gasteiger partial charge in [-0.05, 0) is 19.1 Å². The minimum Gasteiger partial charge on any atom is -0.359 e. The molecule has 0 radical (unpaired) electrons. The second-order valence-corrected chi connectivity index (χ2v) is 3.88. The lowest BCUT2D eigenvalue weighted by molar-refractivity contribution is 0.788. The molecule has 2 N–H and O–H groups in total. The Labute approximate surface area is 103 Å². The molecule has 18 heavy (non-hydrogen) atoms. The zero-order valence-corrected chi connectivity index (χ0v) is 9.70. The first kappa shape index (κ1) is 10.6. The third kappa shape index (κ3) is 1.97. The van der Waals surface area contributed by atoms with Gasteiger partial charge in [-0.1, -0.05) is 17.3 Å². The number of hydrogen-bond acceptors (Lipinski definition) is 6. The van der Waals surface area contributed by atoms with Crippen LogP contribution in [0.2, 0.25) is 0 Å². The van der Waals surface area contributed by atoms with Crippen LogP contribution in [0, 0.1) is 0 Å². The predicted molar refractivity (Wildman–Crippen MR) is 65.8 cm³/mol. The number of aromatic nitrogens is 6. The molecule has 0 spiro atoms. The lowest BCUT2D eigenvalue weighted by atomic mass is 10.3. The Morgan fingerprint density at radius 1 is 1.22 bits per heavy atom. The van der Waals surface area contributed by atoms with Gasteiger partial charge in [0, 0.05) is 0 Å². The maximum atomic E-state index is 4.47. The molecule has 0 saturated heterocycles. The number of nitrogens with one attached hydrogen (secondary N) is 2. The molecule has 0 bridgehead atoms. The molecule has 2 aromatic heterocycles. The summed E-state index contributed by atoms with van der Waals surface area (Å²) in [5.41, 5.74) is 1.72. The molecule has 0 saturated carbocycles.